The molecule has 14 heavy (non-hydrogen) atoms. The summed E-state index contributed by atoms with van der Waals surface area (Å²) in [6, 6.07) is 4.98. The molecule has 0 heterocycles. The lowest BCUT2D eigenvalue weighted by Crippen LogP contribution is -2.25. The van der Waals surface area contributed by atoms with E-state index in [1.165, 1.54) is 0 Å². The van der Waals surface area contributed by atoms with E-state index in [9.17, 15) is 5.11 Å². The molecule has 1 aromatic rings. The number of rotatable bonds is 1. The van der Waals surface area contributed by atoms with Crippen LogP contribution in [0.15, 0.2) is 18.2 Å². The summed E-state index contributed by atoms with van der Waals surface area (Å²) >= 11 is 6.04. The fourth-order valence-corrected chi connectivity index (χ4v) is 2.32. The molecule has 1 saturated carbocycles. The highest BCUT2D eigenvalue weighted by atomic mass is 35.5. The van der Waals surface area contributed by atoms with Crippen molar-refractivity contribution in [2.75, 3.05) is 0 Å². The zero-order valence-electron chi connectivity index (χ0n) is 8.34. The van der Waals surface area contributed by atoms with Gasteiger partial charge >= 0.3 is 0 Å². The van der Waals surface area contributed by atoms with Gasteiger partial charge in [-0.05, 0) is 29.5 Å². The molecule has 3 heteroatoms. The molecule has 1 aliphatic rings. The van der Waals surface area contributed by atoms with E-state index in [4.69, 9.17) is 17.3 Å². The van der Waals surface area contributed by atoms with Gasteiger partial charge in [-0.15, -0.1) is 0 Å². The number of phenols is 1. The second-order valence-corrected chi connectivity index (χ2v) is 5.10. The van der Waals surface area contributed by atoms with Gasteiger partial charge in [-0.3, -0.25) is 0 Å². The molecule has 0 aromatic heterocycles. The van der Waals surface area contributed by atoms with Gasteiger partial charge in [0, 0.05) is 10.6 Å². The van der Waals surface area contributed by atoms with E-state index in [1.54, 1.807) is 12.1 Å². The summed E-state index contributed by atoms with van der Waals surface area (Å²) in [6.07, 6.45) is 0.935. The molecule has 1 atom stereocenters. The lowest BCUT2D eigenvalue weighted by Gasteiger charge is -2.17. The average Bonchev–Trinajstić information content (AvgIpc) is 2.50. The normalized spacial score (nSPS) is 28.9. The molecule has 76 valence electrons. The third-order valence-corrected chi connectivity index (χ3v) is 3.55. The van der Waals surface area contributed by atoms with Crippen LogP contribution in [-0.2, 0) is 5.54 Å². The van der Waals surface area contributed by atoms with Crippen LogP contribution >= 0.6 is 11.6 Å². The smallest absolute Gasteiger partial charge is 0.117 e. The summed E-state index contributed by atoms with van der Waals surface area (Å²) in [5.41, 5.74) is 6.95. The van der Waals surface area contributed by atoms with Crippen LogP contribution in [0.1, 0.15) is 25.8 Å². The van der Waals surface area contributed by atoms with Crippen molar-refractivity contribution in [1.29, 1.82) is 0 Å². The van der Waals surface area contributed by atoms with Crippen LogP contribution < -0.4 is 5.73 Å². The number of halogens is 1. The summed E-state index contributed by atoms with van der Waals surface area (Å²) in [6.45, 7) is 4.24. The van der Waals surface area contributed by atoms with E-state index in [0.29, 0.717) is 5.02 Å². The molecule has 1 fully saturated rings. The summed E-state index contributed by atoms with van der Waals surface area (Å²) in [7, 11) is 0. The van der Waals surface area contributed by atoms with Gasteiger partial charge in [-0.2, -0.15) is 0 Å². The fraction of sp³-hybridized carbons (Fsp3) is 0.455. The molecule has 0 aliphatic heterocycles. The SMILES string of the molecule is CC1(C)CC1(N)c1ccc(O)cc1Cl. The second-order valence-electron chi connectivity index (χ2n) is 4.70. The van der Waals surface area contributed by atoms with Gasteiger partial charge in [-0.25, -0.2) is 0 Å². The summed E-state index contributed by atoms with van der Waals surface area (Å²) in [5, 5.41) is 9.78. The van der Waals surface area contributed by atoms with Gasteiger partial charge < -0.3 is 10.8 Å². The highest BCUT2D eigenvalue weighted by Crippen LogP contribution is 2.61. The van der Waals surface area contributed by atoms with Crippen LogP contribution in [0.4, 0.5) is 0 Å². The standard InChI is InChI=1S/C11H14ClNO/c1-10(2)6-11(10,13)8-4-3-7(14)5-9(8)12/h3-5,14H,6,13H2,1-2H3. The minimum atomic E-state index is -0.322. The molecule has 0 bridgehead atoms. The number of nitrogens with two attached hydrogens (primary N) is 1. The van der Waals surface area contributed by atoms with E-state index < -0.39 is 0 Å². The fourth-order valence-electron chi connectivity index (χ4n) is 1.98. The first-order valence-corrected chi connectivity index (χ1v) is 5.02. The van der Waals surface area contributed by atoms with Crippen molar-refractivity contribution in [1.82, 2.24) is 0 Å². The number of benzene rings is 1. The lowest BCUT2D eigenvalue weighted by atomic mass is 9.97. The molecule has 1 aliphatic carbocycles. The molecule has 2 rings (SSSR count). The molecule has 0 spiro atoms. The Labute approximate surface area is 88.7 Å². The van der Waals surface area contributed by atoms with Crippen molar-refractivity contribution >= 4 is 11.6 Å². The van der Waals surface area contributed by atoms with Gasteiger partial charge in [0.05, 0.1) is 0 Å². The van der Waals surface area contributed by atoms with E-state index in [2.05, 4.69) is 13.8 Å². The van der Waals surface area contributed by atoms with Crippen LogP contribution in [0.25, 0.3) is 0 Å². The van der Waals surface area contributed by atoms with Gasteiger partial charge in [0.1, 0.15) is 5.75 Å². The molecular weight excluding hydrogens is 198 g/mol. The van der Waals surface area contributed by atoms with Gasteiger partial charge in [-0.1, -0.05) is 31.5 Å². The van der Waals surface area contributed by atoms with Crippen LogP contribution in [0.3, 0.4) is 0 Å². The van der Waals surface area contributed by atoms with Gasteiger partial charge in [0.2, 0.25) is 0 Å². The van der Waals surface area contributed by atoms with Crippen molar-refractivity contribution in [2.45, 2.75) is 25.8 Å². The minimum Gasteiger partial charge on any atom is -0.508 e. The summed E-state index contributed by atoms with van der Waals surface area (Å²) in [5.74, 6) is 0.181. The first-order valence-electron chi connectivity index (χ1n) is 4.65. The number of hydrogen-bond donors (Lipinski definition) is 2. The molecule has 1 unspecified atom stereocenters. The molecule has 0 saturated heterocycles. The Kier molecular flexibility index (Phi) is 1.85. The third kappa shape index (κ3) is 1.22. The van der Waals surface area contributed by atoms with E-state index in [0.717, 1.165) is 12.0 Å². The zero-order valence-corrected chi connectivity index (χ0v) is 9.10. The number of phenolic OH excluding ortho intramolecular Hbond substituents is 1. The quantitative estimate of drug-likeness (QED) is 0.750. The molecular formula is C11H14ClNO. The largest absolute Gasteiger partial charge is 0.508 e. The maximum Gasteiger partial charge on any atom is 0.117 e. The Morgan fingerprint density at radius 3 is 2.43 bits per heavy atom. The van der Waals surface area contributed by atoms with E-state index in [1.807, 2.05) is 6.07 Å². The van der Waals surface area contributed by atoms with E-state index in [-0.39, 0.29) is 16.7 Å². The Hall–Kier alpha value is -0.730. The van der Waals surface area contributed by atoms with Gasteiger partial charge in [0.15, 0.2) is 0 Å². The van der Waals surface area contributed by atoms with Crippen LogP contribution in [0.2, 0.25) is 5.02 Å². The number of hydrogen-bond acceptors (Lipinski definition) is 2. The Balaban J connectivity index is 2.45. The lowest BCUT2D eigenvalue weighted by molar-refractivity contribution is 0.473. The first-order chi connectivity index (χ1) is 6.37. The van der Waals surface area contributed by atoms with Crippen molar-refractivity contribution in [2.24, 2.45) is 11.1 Å². The third-order valence-electron chi connectivity index (χ3n) is 3.24. The summed E-state index contributed by atoms with van der Waals surface area (Å²) < 4.78 is 0. The van der Waals surface area contributed by atoms with Crippen molar-refractivity contribution in [3.63, 3.8) is 0 Å². The Morgan fingerprint density at radius 2 is 2.00 bits per heavy atom. The average molecular weight is 212 g/mol. The highest BCUT2D eigenvalue weighted by Gasteiger charge is 2.60. The zero-order chi connectivity index (χ0) is 10.6. The van der Waals surface area contributed by atoms with Crippen LogP contribution in [-0.4, -0.2) is 5.11 Å². The predicted molar refractivity (Wildman–Crippen MR) is 57.4 cm³/mol. The van der Waals surface area contributed by atoms with Crippen molar-refractivity contribution in [3.05, 3.63) is 28.8 Å². The van der Waals surface area contributed by atoms with Crippen LogP contribution in [0, 0.1) is 5.41 Å². The molecule has 2 nitrogen and oxygen atoms in total. The predicted octanol–water partition coefficient (Wildman–Crippen LogP) is 2.63. The summed E-state index contributed by atoms with van der Waals surface area (Å²) in [4.78, 5) is 0. The topological polar surface area (TPSA) is 46.2 Å². The molecule has 0 amide bonds. The van der Waals surface area contributed by atoms with Crippen LogP contribution in [0.5, 0.6) is 5.75 Å². The van der Waals surface area contributed by atoms with Crippen molar-refractivity contribution < 1.29 is 5.11 Å². The molecule has 1 aromatic carbocycles. The highest BCUT2D eigenvalue weighted by molar-refractivity contribution is 6.31. The Morgan fingerprint density at radius 1 is 1.43 bits per heavy atom. The van der Waals surface area contributed by atoms with E-state index >= 15 is 0 Å². The maximum absolute atomic E-state index is 9.23. The minimum absolute atomic E-state index is 0.105. The first kappa shape index (κ1) is 9.81. The molecule has 3 N–H and O–H groups in total. The number of aromatic hydroxyl groups is 1. The monoisotopic (exact) mass is 211 g/mol. The second kappa shape index (κ2) is 2.65. The van der Waals surface area contributed by atoms with Gasteiger partial charge in [0.25, 0.3) is 0 Å². The Bertz CT molecular complexity index is 389. The van der Waals surface area contributed by atoms with Crippen molar-refractivity contribution in [3.8, 4) is 5.75 Å². The molecule has 0 radical (unpaired) electrons. The maximum atomic E-state index is 9.23.